The second kappa shape index (κ2) is 8.07. The van der Waals surface area contributed by atoms with Gasteiger partial charge in [-0.25, -0.2) is 9.59 Å². The number of carbonyl (C=O) groups is 3. The van der Waals surface area contributed by atoms with E-state index < -0.39 is 29.7 Å². The minimum Gasteiger partial charge on any atom is -0.454 e. The van der Waals surface area contributed by atoms with Crippen LogP contribution >= 0.6 is 0 Å². The number of fused-ring (bicyclic) bond motifs is 1. The molecule has 1 heterocycles. The van der Waals surface area contributed by atoms with Gasteiger partial charge < -0.3 is 14.8 Å². The van der Waals surface area contributed by atoms with Crippen LogP contribution in [0.3, 0.4) is 0 Å². The van der Waals surface area contributed by atoms with E-state index in [0.717, 1.165) is 11.1 Å². The van der Waals surface area contributed by atoms with E-state index in [1.54, 1.807) is 12.1 Å². The van der Waals surface area contributed by atoms with Gasteiger partial charge in [0, 0.05) is 12.0 Å². The van der Waals surface area contributed by atoms with Gasteiger partial charge in [-0.2, -0.15) is 0 Å². The molecule has 0 saturated heterocycles. The van der Waals surface area contributed by atoms with Crippen molar-refractivity contribution in [2.45, 2.75) is 51.9 Å². The van der Waals surface area contributed by atoms with Crippen LogP contribution in [0, 0.1) is 0 Å². The number of benzene rings is 2. The summed E-state index contributed by atoms with van der Waals surface area (Å²) in [6.45, 7) is 7.08. The molecule has 0 aliphatic carbocycles. The molecule has 2 aromatic carbocycles. The summed E-state index contributed by atoms with van der Waals surface area (Å²) >= 11 is 0. The molecule has 1 aliphatic heterocycles. The molecule has 0 spiro atoms. The Morgan fingerprint density at radius 1 is 1.14 bits per heavy atom. The molecule has 0 fully saturated rings. The highest BCUT2D eigenvalue weighted by Gasteiger charge is 2.29. The minimum atomic E-state index is -0.931. The highest BCUT2D eigenvalue weighted by atomic mass is 16.6. The van der Waals surface area contributed by atoms with Crippen LogP contribution in [-0.4, -0.2) is 29.5 Å². The monoisotopic (exact) mass is 395 g/mol. The number of nitrogens with one attached hydrogen (secondary N) is 1. The highest BCUT2D eigenvalue weighted by Crippen LogP contribution is 2.31. The lowest BCUT2D eigenvalue weighted by Gasteiger charge is -2.25. The Morgan fingerprint density at radius 3 is 2.48 bits per heavy atom. The van der Waals surface area contributed by atoms with Crippen molar-refractivity contribution in [3.8, 4) is 0 Å². The Kier molecular flexibility index (Phi) is 5.73. The summed E-state index contributed by atoms with van der Waals surface area (Å²) in [7, 11) is 0. The zero-order valence-electron chi connectivity index (χ0n) is 17.0. The van der Waals surface area contributed by atoms with Crippen LogP contribution in [0.15, 0.2) is 48.5 Å². The van der Waals surface area contributed by atoms with Crippen LogP contribution in [0.2, 0.25) is 0 Å². The molecule has 6 heteroatoms. The maximum atomic E-state index is 12.5. The highest BCUT2D eigenvalue weighted by molar-refractivity contribution is 5.96. The number of hydrogen-bond acceptors (Lipinski definition) is 5. The van der Waals surface area contributed by atoms with Crippen LogP contribution < -0.4 is 5.32 Å². The van der Waals surface area contributed by atoms with E-state index in [2.05, 4.69) is 5.32 Å². The van der Waals surface area contributed by atoms with Crippen LogP contribution in [0.1, 0.15) is 65.6 Å². The molecule has 2 atom stereocenters. The average molecular weight is 395 g/mol. The zero-order chi connectivity index (χ0) is 21.2. The predicted octanol–water partition coefficient (Wildman–Crippen LogP) is 3.60. The molecule has 0 aromatic heterocycles. The smallest absolute Gasteiger partial charge is 0.339 e. The molecule has 29 heavy (non-hydrogen) atoms. The molecule has 1 amide bonds. The van der Waals surface area contributed by atoms with Gasteiger partial charge in [0.05, 0.1) is 11.1 Å². The van der Waals surface area contributed by atoms with Gasteiger partial charge in [-0.3, -0.25) is 4.79 Å². The maximum absolute atomic E-state index is 12.5. The minimum absolute atomic E-state index is 0.292. The normalized spacial score (nSPS) is 17.0. The van der Waals surface area contributed by atoms with Crippen LogP contribution in [0.4, 0.5) is 0 Å². The second-order valence-corrected chi connectivity index (χ2v) is 8.17. The molecule has 152 valence electrons. The van der Waals surface area contributed by atoms with Crippen molar-refractivity contribution < 1.29 is 23.9 Å². The van der Waals surface area contributed by atoms with E-state index in [1.807, 2.05) is 51.1 Å². The van der Waals surface area contributed by atoms with E-state index in [9.17, 15) is 14.4 Å². The van der Waals surface area contributed by atoms with Crippen molar-refractivity contribution in [2.24, 2.45) is 0 Å². The van der Waals surface area contributed by atoms with Crippen molar-refractivity contribution in [3.63, 3.8) is 0 Å². The molecule has 0 radical (unpaired) electrons. The fraction of sp³-hybridized carbons (Fsp3) is 0.348. The summed E-state index contributed by atoms with van der Waals surface area (Å²) < 4.78 is 10.8. The molecular weight excluding hydrogens is 370 g/mol. The van der Waals surface area contributed by atoms with Crippen molar-refractivity contribution in [1.29, 1.82) is 0 Å². The number of hydrogen-bond donors (Lipinski definition) is 1. The molecular formula is C23H25NO5. The summed E-state index contributed by atoms with van der Waals surface area (Å²) in [6, 6.07) is 14.2. The lowest BCUT2D eigenvalue weighted by molar-refractivity contribution is -0.130. The number of ether oxygens (including phenoxy) is 2. The summed E-state index contributed by atoms with van der Waals surface area (Å²) in [5.41, 5.74) is 1.92. The number of esters is 2. The van der Waals surface area contributed by atoms with Crippen molar-refractivity contribution in [1.82, 2.24) is 5.32 Å². The quantitative estimate of drug-likeness (QED) is 0.800. The Bertz CT molecular complexity index is 930. The van der Waals surface area contributed by atoms with Gasteiger partial charge in [0.2, 0.25) is 0 Å². The molecule has 2 aromatic rings. The fourth-order valence-corrected chi connectivity index (χ4v) is 3.13. The number of carbonyl (C=O) groups excluding carboxylic acids is 3. The fourth-order valence-electron chi connectivity index (χ4n) is 3.13. The van der Waals surface area contributed by atoms with E-state index in [4.69, 9.17) is 9.47 Å². The first-order chi connectivity index (χ1) is 13.6. The van der Waals surface area contributed by atoms with E-state index in [0.29, 0.717) is 17.5 Å². The third-order valence-corrected chi connectivity index (χ3v) is 4.54. The number of rotatable bonds is 4. The van der Waals surface area contributed by atoms with Gasteiger partial charge in [0.15, 0.2) is 6.10 Å². The third-order valence-electron chi connectivity index (χ3n) is 4.54. The van der Waals surface area contributed by atoms with E-state index in [1.165, 1.54) is 13.0 Å². The first-order valence-electron chi connectivity index (χ1n) is 9.56. The summed E-state index contributed by atoms with van der Waals surface area (Å²) in [5, 5.41) is 2.78. The van der Waals surface area contributed by atoms with Gasteiger partial charge in [-0.15, -0.1) is 0 Å². The van der Waals surface area contributed by atoms with Gasteiger partial charge in [-0.1, -0.05) is 30.3 Å². The molecule has 3 rings (SSSR count). The predicted molar refractivity (Wildman–Crippen MR) is 108 cm³/mol. The maximum Gasteiger partial charge on any atom is 0.339 e. The van der Waals surface area contributed by atoms with Gasteiger partial charge in [-0.05, 0) is 57.0 Å². The van der Waals surface area contributed by atoms with Gasteiger partial charge in [0.1, 0.15) is 6.10 Å². The van der Waals surface area contributed by atoms with Crippen LogP contribution in [-0.2, 0) is 20.7 Å². The standard InChI is InChI=1S/C23H25NO5/c1-14(20(25)24-23(2,3)4)28-21(26)16-10-11-18-17(12-16)13-19(29-22(18)27)15-8-6-5-7-9-15/h5-12,14,19H,13H2,1-4H3,(H,24,25)/t14-,19+/m1/s1. The topological polar surface area (TPSA) is 81.7 Å². The molecule has 1 N–H and O–H groups in total. The Hall–Kier alpha value is -3.15. The first-order valence-corrected chi connectivity index (χ1v) is 9.56. The number of amides is 1. The molecule has 1 aliphatic rings. The summed E-state index contributed by atoms with van der Waals surface area (Å²) in [6.07, 6.45) is -0.870. The van der Waals surface area contributed by atoms with Gasteiger partial charge in [0.25, 0.3) is 5.91 Å². The molecule has 0 bridgehead atoms. The number of cyclic esters (lactones) is 1. The Labute approximate surface area is 170 Å². The molecule has 6 nitrogen and oxygen atoms in total. The van der Waals surface area contributed by atoms with Crippen molar-refractivity contribution >= 4 is 17.8 Å². The van der Waals surface area contributed by atoms with E-state index in [-0.39, 0.29) is 5.91 Å². The van der Waals surface area contributed by atoms with Gasteiger partial charge >= 0.3 is 11.9 Å². The van der Waals surface area contributed by atoms with E-state index >= 15 is 0 Å². The van der Waals surface area contributed by atoms with Crippen LogP contribution in [0.25, 0.3) is 0 Å². The van der Waals surface area contributed by atoms with Crippen LogP contribution in [0.5, 0.6) is 0 Å². The molecule has 0 unspecified atom stereocenters. The lowest BCUT2D eigenvalue weighted by Crippen LogP contribution is -2.46. The lowest BCUT2D eigenvalue weighted by atomic mass is 9.93. The largest absolute Gasteiger partial charge is 0.454 e. The average Bonchev–Trinajstić information content (AvgIpc) is 2.66. The first kappa shape index (κ1) is 20.6. The zero-order valence-corrected chi connectivity index (χ0v) is 17.0. The third kappa shape index (κ3) is 5.02. The summed E-state index contributed by atoms with van der Waals surface area (Å²) in [4.78, 5) is 37.0. The summed E-state index contributed by atoms with van der Waals surface area (Å²) in [5.74, 6) is -1.39. The second-order valence-electron chi connectivity index (χ2n) is 8.17. The van der Waals surface area contributed by atoms with Crippen molar-refractivity contribution in [2.75, 3.05) is 0 Å². The van der Waals surface area contributed by atoms with Crippen molar-refractivity contribution in [3.05, 3.63) is 70.8 Å². The SMILES string of the molecule is C[C@@H](OC(=O)c1ccc2c(c1)C[C@@H](c1ccccc1)OC2=O)C(=O)NC(C)(C)C. The Balaban J connectivity index is 1.75. The Morgan fingerprint density at radius 2 is 1.83 bits per heavy atom. The molecule has 0 saturated carbocycles.